The standard InChI is InChI=1S/C34H40F4N6O5/c1-5-48-31(45)24-9-11-42(12-10-24)26-18-39-32(40-19-26)43(20-23-14-22(17-35)15-25(16-23)34(36,37)38)28-13-21(3)44(33(46)49-6-2)27-7-8-29(47-4)41-30(27)28/h7-8,14-16,18-19,21,24,28H,5-6,9-13,17,20H2,1-4H3/t21-,28+/m1/s1. The molecule has 1 saturated heterocycles. The van der Waals surface area contributed by atoms with Gasteiger partial charge in [-0.1, -0.05) is 6.07 Å². The highest BCUT2D eigenvalue weighted by molar-refractivity contribution is 5.90. The Bertz CT molecular complexity index is 1620. The molecule has 1 aromatic carbocycles. The summed E-state index contributed by atoms with van der Waals surface area (Å²) < 4.78 is 71.4. The quantitative estimate of drug-likeness (QED) is 0.170. The van der Waals surface area contributed by atoms with E-state index in [1.165, 1.54) is 18.1 Å². The molecule has 0 bridgehead atoms. The Morgan fingerprint density at radius 2 is 1.67 bits per heavy atom. The van der Waals surface area contributed by atoms with Crippen LogP contribution in [0.4, 0.5) is 39.7 Å². The number of methoxy groups -OCH3 is 1. The Balaban J connectivity index is 1.54. The number of rotatable bonds is 10. The molecule has 0 unspecified atom stereocenters. The van der Waals surface area contributed by atoms with Crippen LogP contribution in [0.2, 0.25) is 0 Å². The van der Waals surface area contributed by atoms with Gasteiger partial charge in [-0.15, -0.1) is 0 Å². The zero-order valence-corrected chi connectivity index (χ0v) is 27.9. The fourth-order valence-electron chi connectivity index (χ4n) is 6.41. The summed E-state index contributed by atoms with van der Waals surface area (Å²) in [4.78, 5) is 44.6. The number of halogens is 4. The lowest BCUT2D eigenvalue weighted by atomic mass is 9.94. The van der Waals surface area contributed by atoms with Gasteiger partial charge in [0.25, 0.3) is 0 Å². The van der Waals surface area contributed by atoms with Crippen LogP contribution in [0.5, 0.6) is 5.88 Å². The van der Waals surface area contributed by atoms with Gasteiger partial charge >= 0.3 is 18.2 Å². The molecule has 2 atom stereocenters. The first kappa shape index (κ1) is 35.6. The Labute approximate surface area is 282 Å². The zero-order chi connectivity index (χ0) is 35.3. The van der Waals surface area contributed by atoms with E-state index >= 15 is 0 Å². The fraction of sp³-hybridized carbons (Fsp3) is 0.500. The first-order valence-corrected chi connectivity index (χ1v) is 16.2. The summed E-state index contributed by atoms with van der Waals surface area (Å²) in [7, 11) is 1.45. The molecule has 0 spiro atoms. The Hall–Kier alpha value is -4.69. The van der Waals surface area contributed by atoms with Crippen LogP contribution in [0.1, 0.15) is 68.5 Å². The first-order valence-electron chi connectivity index (χ1n) is 16.2. The molecule has 2 aromatic heterocycles. The fourth-order valence-corrected chi connectivity index (χ4v) is 6.41. The minimum Gasteiger partial charge on any atom is -0.481 e. The number of hydrogen-bond donors (Lipinski definition) is 0. The summed E-state index contributed by atoms with van der Waals surface area (Å²) in [6, 6.07) is 5.42. The molecule has 1 amide bonds. The maximum Gasteiger partial charge on any atom is 0.416 e. The molecular weight excluding hydrogens is 648 g/mol. The number of carbonyl (C=O) groups excluding carboxylic acids is 2. The van der Waals surface area contributed by atoms with Gasteiger partial charge in [0.05, 0.1) is 67.3 Å². The number of nitrogens with zero attached hydrogens (tertiary/aromatic N) is 6. The molecule has 15 heteroatoms. The highest BCUT2D eigenvalue weighted by Gasteiger charge is 2.40. The van der Waals surface area contributed by atoms with E-state index in [4.69, 9.17) is 14.2 Å². The maximum atomic E-state index is 13.9. The molecule has 0 radical (unpaired) electrons. The van der Waals surface area contributed by atoms with Crippen molar-refractivity contribution >= 4 is 29.4 Å². The van der Waals surface area contributed by atoms with E-state index in [9.17, 15) is 27.2 Å². The lowest BCUT2D eigenvalue weighted by Crippen LogP contribution is -2.47. The smallest absolute Gasteiger partial charge is 0.416 e. The van der Waals surface area contributed by atoms with Gasteiger partial charge in [0.1, 0.15) is 6.67 Å². The molecule has 2 aliphatic heterocycles. The molecule has 0 aliphatic carbocycles. The zero-order valence-electron chi connectivity index (χ0n) is 27.9. The van der Waals surface area contributed by atoms with E-state index < -0.39 is 36.6 Å². The van der Waals surface area contributed by atoms with Crippen LogP contribution in [0, 0.1) is 5.92 Å². The average molecular weight is 689 g/mol. The van der Waals surface area contributed by atoms with Crippen molar-refractivity contribution in [3.05, 3.63) is 65.1 Å². The molecule has 1 fully saturated rings. The molecule has 0 saturated carbocycles. The van der Waals surface area contributed by atoms with Crippen molar-refractivity contribution in [1.82, 2.24) is 15.0 Å². The Morgan fingerprint density at radius 1 is 1.00 bits per heavy atom. The number of esters is 1. The molecule has 264 valence electrons. The van der Waals surface area contributed by atoms with Crippen molar-refractivity contribution in [3.8, 4) is 5.88 Å². The van der Waals surface area contributed by atoms with Gasteiger partial charge in [-0.05, 0) is 69.4 Å². The normalized spacial score (nSPS) is 18.1. The van der Waals surface area contributed by atoms with Crippen LogP contribution in [0.15, 0.2) is 42.7 Å². The monoisotopic (exact) mass is 688 g/mol. The van der Waals surface area contributed by atoms with E-state index in [2.05, 4.69) is 19.9 Å². The van der Waals surface area contributed by atoms with Crippen LogP contribution < -0.4 is 19.4 Å². The van der Waals surface area contributed by atoms with Gasteiger partial charge in [-0.2, -0.15) is 13.2 Å². The van der Waals surface area contributed by atoms with Crippen LogP contribution in [0.3, 0.4) is 0 Å². The number of benzene rings is 1. The maximum absolute atomic E-state index is 13.9. The second-order valence-corrected chi connectivity index (χ2v) is 12.0. The molecule has 4 heterocycles. The van der Waals surface area contributed by atoms with Gasteiger partial charge < -0.3 is 24.0 Å². The molecule has 49 heavy (non-hydrogen) atoms. The van der Waals surface area contributed by atoms with Crippen LogP contribution >= 0.6 is 0 Å². The molecule has 5 rings (SSSR count). The third kappa shape index (κ3) is 7.97. The van der Waals surface area contributed by atoms with Gasteiger partial charge in [-0.25, -0.2) is 24.1 Å². The minimum atomic E-state index is -4.69. The number of hydrogen-bond acceptors (Lipinski definition) is 10. The second-order valence-electron chi connectivity index (χ2n) is 12.0. The average Bonchev–Trinajstić information content (AvgIpc) is 3.10. The first-order chi connectivity index (χ1) is 23.5. The van der Waals surface area contributed by atoms with E-state index in [0.717, 1.165) is 17.8 Å². The predicted octanol–water partition coefficient (Wildman–Crippen LogP) is 6.65. The summed E-state index contributed by atoms with van der Waals surface area (Å²) in [6.45, 7) is 5.77. The number of fused-ring (bicyclic) bond motifs is 1. The molecule has 0 N–H and O–H groups in total. The molecular formula is C34H40F4N6O5. The molecule has 2 aliphatic rings. The van der Waals surface area contributed by atoms with Crippen LogP contribution in [-0.4, -0.2) is 66.5 Å². The Kier molecular flexibility index (Phi) is 11.1. The van der Waals surface area contributed by atoms with Crippen molar-refractivity contribution in [1.29, 1.82) is 0 Å². The summed E-state index contributed by atoms with van der Waals surface area (Å²) in [5.41, 5.74) is 0.694. The number of carbonyl (C=O) groups is 2. The van der Waals surface area contributed by atoms with Crippen molar-refractivity contribution in [2.24, 2.45) is 5.92 Å². The van der Waals surface area contributed by atoms with Crippen molar-refractivity contribution < 1.29 is 41.4 Å². The van der Waals surface area contributed by atoms with Crippen LogP contribution in [-0.2, 0) is 33.7 Å². The third-order valence-electron chi connectivity index (χ3n) is 8.76. The summed E-state index contributed by atoms with van der Waals surface area (Å²) in [5, 5.41) is 0. The highest BCUT2D eigenvalue weighted by atomic mass is 19.4. The number of aromatic nitrogens is 3. The number of amides is 1. The third-order valence-corrected chi connectivity index (χ3v) is 8.76. The highest BCUT2D eigenvalue weighted by Crippen LogP contribution is 2.43. The lowest BCUT2D eigenvalue weighted by Gasteiger charge is -2.42. The second kappa shape index (κ2) is 15.2. The van der Waals surface area contributed by atoms with Crippen molar-refractivity contribution in [3.63, 3.8) is 0 Å². The van der Waals surface area contributed by atoms with Gasteiger partial charge in [0, 0.05) is 31.7 Å². The number of ether oxygens (including phenoxy) is 3. The van der Waals surface area contributed by atoms with E-state index in [1.54, 1.807) is 43.3 Å². The Morgan fingerprint density at radius 3 is 2.29 bits per heavy atom. The number of pyridine rings is 1. The van der Waals surface area contributed by atoms with Crippen molar-refractivity contribution in [2.75, 3.05) is 48.1 Å². The van der Waals surface area contributed by atoms with Gasteiger partial charge in [-0.3, -0.25) is 9.69 Å². The van der Waals surface area contributed by atoms with E-state index in [1.807, 2.05) is 6.92 Å². The lowest BCUT2D eigenvalue weighted by molar-refractivity contribution is -0.148. The summed E-state index contributed by atoms with van der Waals surface area (Å²) in [5.74, 6) is 0.0780. The van der Waals surface area contributed by atoms with Crippen molar-refractivity contribution in [2.45, 2.75) is 71.5 Å². The number of alkyl halides is 4. The topological polar surface area (TPSA) is 110 Å². The van der Waals surface area contributed by atoms with Gasteiger partial charge in [0.2, 0.25) is 11.8 Å². The van der Waals surface area contributed by atoms with E-state index in [-0.39, 0.29) is 54.4 Å². The summed E-state index contributed by atoms with van der Waals surface area (Å²) >= 11 is 0. The van der Waals surface area contributed by atoms with Crippen LogP contribution in [0.25, 0.3) is 0 Å². The summed E-state index contributed by atoms with van der Waals surface area (Å²) in [6.07, 6.45) is -0.475. The predicted molar refractivity (Wildman–Crippen MR) is 173 cm³/mol. The molecule has 3 aromatic rings. The molecule has 11 nitrogen and oxygen atoms in total. The SMILES string of the molecule is CCOC(=O)C1CCN(c2cnc(N(Cc3cc(CF)cc(C(F)(F)F)c3)[C@H]3C[C@@H](C)N(C(=O)OCC)c4ccc(OC)nc43)nc2)CC1. The van der Waals surface area contributed by atoms with E-state index in [0.29, 0.717) is 43.9 Å². The number of piperidine rings is 1. The van der Waals surface area contributed by atoms with Gasteiger partial charge in [0.15, 0.2) is 0 Å². The number of anilines is 3. The minimum absolute atomic E-state index is 0.113. The largest absolute Gasteiger partial charge is 0.481 e.